The van der Waals surface area contributed by atoms with E-state index in [1.54, 1.807) is 36.4 Å². The van der Waals surface area contributed by atoms with Crippen molar-refractivity contribution >= 4 is 5.97 Å². The lowest BCUT2D eigenvalue weighted by Crippen LogP contribution is -1.92. The standard InChI is InChI=1S/C18H13F3O2/c19-15-10-14(11-16(20)18(15)21)13-8-6-12(7-9-13)4-2-1-3-5-17(22)23/h1-3,5-11H,4H2,(H,22,23). The van der Waals surface area contributed by atoms with Gasteiger partial charge in [0.05, 0.1) is 0 Å². The number of carboxylic acid groups (broad SMARTS) is 1. The van der Waals surface area contributed by atoms with Crippen LogP contribution >= 0.6 is 0 Å². The molecule has 0 atom stereocenters. The van der Waals surface area contributed by atoms with Crippen molar-refractivity contribution in [3.8, 4) is 11.1 Å². The number of benzene rings is 2. The third-order valence-electron chi connectivity index (χ3n) is 3.11. The van der Waals surface area contributed by atoms with Crippen LogP contribution in [0.2, 0.25) is 0 Å². The number of rotatable bonds is 5. The second-order valence-electron chi connectivity index (χ2n) is 4.78. The van der Waals surface area contributed by atoms with Gasteiger partial charge in [0.2, 0.25) is 0 Å². The van der Waals surface area contributed by atoms with Gasteiger partial charge in [0.25, 0.3) is 0 Å². The fraction of sp³-hybridized carbons (Fsp3) is 0.0556. The molecule has 5 heteroatoms. The van der Waals surface area contributed by atoms with E-state index < -0.39 is 23.4 Å². The molecule has 0 amide bonds. The smallest absolute Gasteiger partial charge is 0.328 e. The fourth-order valence-electron chi connectivity index (χ4n) is 1.98. The van der Waals surface area contributed by atoms with Gasteiger partial charge < -0.3 is 5.11 Å². The van der Waals surface area contributed by atoms with E-state index in [0.717, 1.165) is 23.8 Å². The summed E-state index contributed by atoms with van der Waals surface area (Å²) in [7, 11) is 0. The summed E-state index contributed by atoms with van der Waals surface area (Å²) < 4.78 is 39.4. The Bertz CT molecular complexity index is 739. The van der Waals surface area contributed by atoms with Gasteiger partial charge in [0.1, 0.15) is 0 Å². The molecule has 0 fully saturated rings. The summed E-state index contributed by atoms with van der Waals surface area (Å²) in [6.45, 7) is 0. The van der Waals surface area contributed by atoms with E-state index in [9.17, 15) is 18.0 Å². The summed E-state index contributed by atoms with van der Waals surface area (Å²) in [5, 5.41) is 8.43. The van der Waals surface area contributed by atoms with Gasteiger partial charge in [-0.1, -0.05) is 42.5 Å². The van der Waals surface area contributed by atoms with Gasteiger partial charge in [-0.25, -0.2) is 18.0 Å². The van der Waals surface area contributed by atoms with E-state index in [1.807, 2.05) is 0 Å². The molecule has 0 radical (unpaired) electrons. The third kappa shape index (κ3) is 4.57. The zero-order valence-corrected chi connectivity index (χ0v) is 12.0. The quantitative estimate of drug-likeness (QED) is 0.500. The van der Waals surface area contributed by atoms with Crippen LogP contribution in [0.4, 0.5) is 13.2 Å². The lowest BCUT2D eigenvalue weighted by atomic mass is 10.0. The van der Waals surface area contributed by atoms with Crippen molar-refractivity contribution in [2.45, 2.75) is 6.42 Å². The summed E-state index contributed by atoms with van der Waals surface area (Å²) in [4.78, 5) is 10.3. The maximum atomic E-state index is 13.2. The molecule has 2 rings (SSSR count). The number of hydrogen-bond donors (Lipinski definition) is 1. The average Bonchev–Trinajstić information content (AvgIpc) is 2.52. The van der Waals surface area contributed by atoms with Gasteiger partial charge in [0, 0.05) is 6.08 Å². The largest absolute Gasteiger partial charge is 0.478 e. The zero-order chi connectivity index (χ0) is 16.8. The predicted molar refractivity (Wildman–Crippen MR) is 81.4 cm³/mol. The maximum absolute atomic E-state index is 13.2. The van der Waals surface area contributed by atoms with Gasteiger partial charge in [0.15, 0.2) is 17.5 Å². The number of carboxylic acids is 1. The van der Waals surface area contributed by atoms with Gasteiger partial charge in [-0.3, -0.25) is 0 Å². The minimum atomic E-state index is -1.48. The van der Waals surface area contributed by atoms with E-state index in [1.165, 1.54) is 6.08 Å². The molecule has 2 nitrogen and oxygen atoms in total. The molecule has 2 aromatic rings. The van der Waals surface area contributed by atoms with Crippen LogP contribution in [0, 0.1) is 17.5 Å². The van der Waals surface area contributed by atoms with E-state index in [0.29, 0.717) is 12.0 Å². The monoisotopic (exact) mass is 318 g/mol. The molecular weight excluding hydrogens is 305 g/mol. The van der Waals surface area contributed by atoms with Crippen LogP contribution in [0.15, 0.2) is 60.7 Å². The van der Waals surface area contributed by atoms with E-state index >= 15 is 0 Å². The van der Waals surface area contributed by atoms with Crippen molar-refractivity contribution in [3.05, 3.63) is 83.7 Å². The molecule has 0 heterocycles. The van der Waals surface area contributed by atoms with E-state index in [2.05, 4.69) is 0 Å². The number of aliphatic carboxylic acids is 1. The second kappa shape index (κ2) is 7.45. The van der Waals surface area contributed by atoms with E-state index in [-0.39, 0.29) is 5.56 Å². The molecule has 0 bridgehead atoms. The zero-order valence-electron chi connectivity index (χ0n) is 12.0. The van der Waals surface area contributed by atoms with Crippen LogP contribution in [0.3, 0.4) is 0 Å². The number of hydrogen-bond acceptors (Lipinski definition) is 1. The lowest BCUT2D eigenvalue weighted by molar-refractivity contribution is -0.131. The van der Waals surface area contributed by atoms with Crippen molar-refractivity contribution in [2.75, 3.05) is 0 Å². The van der Waals surface area contributed by atoms with Crippen molar-refractivity contribution in [2.24, 2.45) is 0 Å². The maximum Gasteiger partial charge on any atom is 0.328 e. The first kappa shape index (κ1) is 16.5. The predicted octanol–water partition coefficient (Wildman–Crippen LogP) is 4.51. The Kier molecular flexibility index (Phi) is 5.36. The summed E-state index contributed by atoms with van der Waals surface area (Å²) in [5.41, 5.74) is 1.77. The molecule has 0 aliphatic rings. The van der Waals surface area contributed by atoms with Crippen LogP contribution < -0.4 is 0 Å². The van der Waals surface area contributed by atoms with Crippen molar-refractivity contribution in [3.63, 3.8) is 0 Å². The highest BCUT2D eigenvalue weighted by molar-refractivity contribution is 5.80. The molecule has 0 aliphatic heterocycles. The van der Waals surface area contributed by atoms with Gasteiger partial charge in [-0.2, -0.15) is 0 Å². The minimum absolute atomic E-state index is 0.257. The van der Waals surface area contributed by atoms with Crippen molar-refractivity contribution < 1.29 is 23.1 Å². The fourth-order valence-corrected chi connectivity index (χ4v) is 1.98. The van der Waals surface area contributed by atoms with Crippen LogP contribution in [-0.2, 0) is 11.2 Å². The summed E-state index contributed by atoms with van der Waals surface area (Å²) in [6.07, 6.45) is 6.42. The normalized spacial score (nSPS) is 11.4. The second-order valence-corrected chi connectivity index (χ2v) is 4.78. The van der Waals surface area contributed by atoms with Crippen LogP contribution in [0.5, 0.6) is 0 Å². The van der Waals surface area contributed by atoms with Gasteiger partial charge in [-0.15, -0.1) is 0 Å². The van der Waals surface area contributed by atoms with Crippen LogP contribution in [-0.4, -0.2) is 11.1 Å². The Morgan fingerprint density at radius 2 is 1.57 bits per heavy atom. The first-order valence-corrected chi connectivity index (χ1v) is 6.77. The third-order valence-corrected chi connectivity index (χ3v) is 3.11. The molecule has 0 spiro atoms. The van der Waals surface area contributed by atoms with Crippen molar-refractivity contribution in [1.82, 2.24) is 0 Å². The highest BCUT2D eigenvalue weighted by Gasteiger charge is 2.11. The molecule has 118 valence electrons. The number of allylic oxidation sites excluding steroid dienone is 3. The molecule has 0 saturated heterocycles. The summed E-state index contributed by atoms with van der Waals surface area (Å²) in [6, 6.07) is 8.82. The highest BCUT2D eigenvalue weighted by atomic mass is 19.2. The first-order chi connectivity index (χ1) is 11.0. The van der Waals surface area contributed by atoms with Crippen LogP contribution in [0.1, 0.15) is 5.56 Å². The molecule has 0 unspecified atom stereocenters. The Morgan fingerprint density at radius 3 is 2.13 bits per heavy atom. The topological polar surface area (TPSA) is 37.3 Å². The molecule has 0 saturated carbocycles. The number of halogens is 3. The molecule has 0 aliphatic carbocycles. The molecule has 2 aromatic carbocycles. The van der Waals surface area contributed by atoms with Gasteiger partial charge in [-0.05, 0) is 35.2 Å². The summed E-state index contributed by atoms with van der Waals surface area (Å²) in [5.74, 6) is -4.95. The minimum Gasteiger partial charge on any atom is -0.478 e. The molecule has 1 N–H and O–H groups in total. The Morgan fingerprint density at radius 1 is 0.957 bits per heavy atom. The van der Waals surface area contributed by atoms with Crippen LogP contribution in [0.25, 0.3) is 11.1 Å². The lowest BCUT2D eigenvalue weighted by Gasteiger charge is -2.05. The Balaban J connectivity index is 2.09. The van der Waals surface area contributed by atoms with Crippen molar-refractivity contribution in [1.29, 1.82) is 0 Å². The first-order valence-electron chi connectivity index (χ1n) is 6.77. The molecule has 0 aromatic heterocycles. The molecular formula is C18H13F3O2. The molecule has 23 heavy (non-hydrogen) atoms. The Hall–Kier alpha value is -2.82. The van der Waals surface area contributed by atoms with E-state index in [4.69, 9.17) is 5.11 Å². The Labute approximate surface area is 131 Å². The average molecular weight is 318 g/mol. The van der Waals surface area contributed by atoms with Gasteiger partial charge >= 0.3 is 5.97 Å². The highest BCUT2D eigenvalue weighted by Crippen LogP contribution is 2.24. The SMILES string of the molecule is O=C(O)C=CC=CCc1ccc(-c2cc(F)c(F)c(F)c2)cc1. The summed E-state index contributed by atoms with van der Waals surface area (Å²) >= 11 is 0. The number of carbonyl (C=O) groups is 1.